The minimum atomic E-state index is -0.884. The first-order valence-corrected chi connectivity index (χ1v) is 7.51. The Morgan fingerprint density at radius 1 is 1.45 bits per heavy atom. The lowest BCUT2D eigenvalue weighted by atomic mass is 9.72. The van der Waals surface area contributed by atoms with Gasteiger partial charge in [-0.2, -0.15) is 0 Å². The number of ether oxygens (including phenoxy) is 1. The van der Waals surface area contributed by atoms with Crippen molar-refractivity contribution in [2.24, 2.45) is 11.8 Å². The molecule has 112 valence electrons. The van der Waals surface area contributed by atoms with E-state index in [0.717, 1.165) is 19.3 Å². The molecule has 1 aliphatic rings. The first-order valence-electron chi connectivity index (χ1n) is 7.51. The molecule has 1 aromatic rings. The molecule has 2 unspecified atom stereocenters. The fourth-order valence-corrected chi connectivity index (χ4v) is 3.45. The summed E-state index contributed by atoms with van der Waals surface area (Å²) in [6.07, 6.45) is 4.74. The predicted molar refractivity (Wildman–Crippen MR) is 78.3 cm³/mol. The number of benzene rings is 1. The van der Waals surface area contributed by atoms with Crippen LogP contribution in [0.5, 0.6) is 5.75 Å². The molecule has 0 bridgehead atoms. The Hall–Kier alpha value is -1.09. The molecule has 1 N–H and O–H groups in total. The monoisotopic (exact) mass is 280 g/mol. The van der Waals surface area contributed by atoms with Gasteiger partial charge >= 0.3 is 0 Å². The first kappa shape index (κ1) is 15.3. The van der Waals surface area contributed by atoms with Gasteiger partial charge in [-0.25, -0.2) is 4.39 Å². The molecule has 0 spiro atoms. The normalized spacial score (nSPS) is 26.8. The zero-order chi connectivity index (χ0) is 14.8. The molecule has 1 saturated carbocycles. The summed E-state index contributed by atoms with van der Waals surface area (Å²) in [4.78, 5) is 0. The van der Waals surface area contributed by atoms with E-state index in [0.29, 0.717) is 23.8 Å². The highest BCUT2D eigenvalue weighted by Gasteiger charge is 2.36. The van der Waals surface area contributed by atoms with Crippen molar-refractivity contribution in [2.75, 3.05) is 7.11 Å². The van der Waals surface area contributed by atoms with Crippen LogP contribution < -0.4 is 4.74 Å². The van der Waals surface area contributed by atoms with Crippen LogP contribution in [0.3, 0.4) is 0 Å². The van der Waals surface area contributed by atoms with Crippen LogP contribution in [-0.2, 0) is 5.60 Å². The van der Waals surface area contributed by atoms with Crippen molar-refractivity contribution < 1.29 is 14.2 Å². The van der Waals surface area contributed by atoms with Gasteiger partial charge in [0.05, 0.1) is 12.7 Å². The Bertz CT molecular complexity index is 458. The van der Waals surface area contributed by atoms with Gasteiger partial charge in [0.1, 0.15) is 0 Å². The van der Waals surface area contributed by atoms with Crippen molar-refractivity contribution in [1.29, 1.82) is 0 Å². The summed E-state index contributed by atoms with van der Waals surface area (Å²) in [7, 11) is 1.45. The molecule has 2 atom stereocenters. The van der Waals surface area contributed by atoms with E-state index in [9.17, 15) is 9.50 Å². The number of halogens is 1. The topological polar surface area (TPSA) is 29.5 Å². The molecule has 0 aliphatic heterocycles. The minimum absolute atomic E-state index is 0.229. The Morgan fingerprint density at radius 3 is 2.80 bits per heavy atom. The lowest BCUT2D eigenvalue weighted by molar-refractivity contribution is -0.0247. The van der Waals surface area contributed by atoms with Crippen molar-refractivity contribution in [2.45, 2.75) is 51.6 Å². The molecule has 0 saturated heterocycles. The molecule has 0 aromatic heterocycles. The highest BCUT2D eigenvalue weighted by Crippen LogP contribution is 2.42. The molecule has 2 rings (SSSR count). The van der Waals surface area contributed by atoms with E-state index in [-0.39, 0.29) is 5.75 Å². The largest absolute Gasteiger partial charge is 0.494 e. The first-order chi connectivity index (χ1) is 9.44. The van der Waals surface area contributed by atoms with Crippen LogP contribution in [0.15, 0.2) is 18.2 Å². The van der Waals surface area contributed by atoms with Crippen LogP contribution in [0, 0.1) is 17.7 Å². The average Bonchev–Trinajstić information content (AvgIpc) is 2.38. The maximum atomic E-state index is 13.8. The van der Waals surface area contributed by atoms with Gasteiger partial charge in [-0.05, 0) is 55.2 Å². The number of aliphatic hydroxyl groups is 1. The SMILES string of the molecule is COc1ccc(C2(O)CCCC(CC(C)C)C2)cc1F. The lowest BCUT2D eigenvalue weighted by Gasteiger charge is -2.38. The predicted octanol–water partition coefficient (Wildman–Crippen LogP) is 4.26. The molecule has 3 heteroatoms. The zero-order valence-electron chi connectivity index (χ0n) is 12.7. The molecule has 1 aromatic carbocycles. The van der Waals surface area contributed by atoms with E-state index in [4.69, 9.17) is 4.74 Å². The molecule has 0 heterocycles. The number of rotatable bonds is 4. The molecule has 0 radical (unpaired) electrons. The van der Waals surface area contributed by atoms with E-state index in [1.165, 1.54) is 19.6 Å². The Morgan fingerprint density at radius 2 is 2.20 bits per heavy atom. The van der Waals surface area contributed by atoms with Crippen LogP contribution in [0.4, 0.5) is 4.39 Å². The van der Waals surface area contributed by atoms with E-state index in [1.807, 2.05) is 0 Å². The molecule has 2 nitrogen and oxygen atoms in total. The van der Waals surface area contributed by atoms with Crippen molar-refractivity contribution >= 4 is 0 Å². The summed E-state index contributed by atoms with van der Waals surface area (Å²) >= 11 is 0. The lowest BCUT2D eigenvalue weighted by Crippen LogP contribution is -2.33. The Balaban J connectivity index is 2.19. The van der Waals surface area contributed by atoms with Gasteiger partial charge < -0.3 is 9.84 Å². The van der Waals surface area contributed by atoms with Gasteiger partial charge in [0.25, 0.3) is 0 Å². The Labute approximate surface area is 121 Å². The quantitative estimate of drug-likeness (QED) is 0.893. The standard InChI is InChI=1S/C17H25FO2/c1-12(2)9-13-5-4-8-17(19,11-13)14-6-7-16(20-3)15(18)10-14/h6-7,10,12-13,19H,4-5,8-9,11H2,1-3H3. The summed E-state index contributed by atoms with van der Waals surface area (Å²) < 4.78 is 18.8. The van der Waals surface area contributed by atoms with Crippen molar-refractivity contribution in [3.63, 3.8) is 0 Å². The van der Waals surface area contributed by atoms with Gasteiger partial charge in [0.2, 0.25) is 0 Å². The summed E-state index contributed by atoms with van der Waals surface area (Å²) in [5, 5.41) is 10.9. The van der Waals surface area contributed by atoms with E-state index in [1.54, 1.807) is 12.1 Å². The Kier molecular flexibility index (Phi) is 4.69. The van der Waals surface area contributed by atoms with Crippen molar-refractivity contribution in [3.8, 4) is 5.75 Å². The number of hydrogen-bond acceptors (Lipinski definition) is 2. The van der Waals surface area contributed by atoms with E-state index < -0.39 is 11.4 Å². The molecular weight excluding hydrogens is 255 g/mol. The van der Waals surface area contributed by atoms with E-state index in [2.05, 4.69) is 13.8 Å². The average molecular weight is 280 g/mol. The maximum Gasteiger partial charge on any atom is 0.165 e. The van der Waals surface area contributed by atoms with Gasteiger partial charge in [0, 0.05) is 0 Å². The number of hydrogen-bond donors (Lipinski definition) is 1. The second-order valence-electron chi connectivity index (χ2n) is 6.47. The second-order valence-corrected chi connectivity index (χ2v) is 6.47. The van der Waals surface area contributed by atoms with Gasteiger partial charge in [-0.1, -0.05) is 26.3 Å². The van der Waals surface area contributed by atoms with Crippen LogP contribution in [-0.4, -0.2) is 12.2 Å². The van der Waals surface area contributed by atoms with Crippen molar-refractivity contribution in [1.82, 2.24) is 0 Å². The highest BCUT2D eigenvalue weighted by atomic mass is 19.1. The zero-order valence-corrected chi connectivity index (χ0v) is 12.7. The molecule has 1 fully saturated rings. The van der Waals surface area contributed by atoms with Crippen LogP contribution in [0.2, 0.25) is 0 Å². The summed E-state index contributed by atoms with van der Waals surface area (Å²) in [6, 6.07) is 4.82. The van der Waals surface area contributed by atoms with Crippen LogP contribution >= 0.6 is 0 Å². The fraction of sp³-hybridized carbons (Fsp3) is 0.647. The summed E-state index contributed by atoms with van der Waals surface area (Å²) in [5.74, 6) is 0.991. The minimum Gasteiger partial charge on any atom is -0.494 e. The summed E-state index contributed by atoms with van der Waals surface area (Å²) in [5.41, 5.74) is -0.200. The molecular formula is C17H25FO2. The highest BCUT2D eigenvalue weighted by molar-refractivity contribution is 5.32. The summed E-state index contributed by atoms with van der Waals surface area (Å²) in [6.45, 7) is 4.42. The van der Waals surface area contributed by atoms with E-state index >= 15 is 0 Å². The van der Waals surface area contributed by atoms with Crippen LogP contribution in [0.25, 0.3) is 0 Å². The molecule has 0 amide bonds. The second kappa shape index (κ2) is 6.13. The third kappa shape index (κ3) is 3.32. The van der Waals surface area contributed by atoms with Gasteiger partial charge in [0.15, 0.2) is 11.6 Å². The third-order valence-electron chi connectivity index (χ3n) is 4.32. The third-order valence-corrected chi connectivity index (χ3v) is 4.32. The molecule has 1 aliphatic carbocycles. The van der Waals surface area contributed by atoms with Gasteiger partial charge in [-0.3, -0.25) is 0 Å². The fourth-order valence-electron chi connectivity index (χ4n) is 3.45. The van der Waals surface area contributed by atoms with Crippen molar-refractivity contribution in [3.05, 3.63) is 29.6 Å². The smallest absolute Gasteiger partial charge is 0.165 e. The van der Waals surface area contributed by atoms with Gasteiger partial charge in [-0.15, -0.1) is 0 Å². The number of methoxy groups -OCH3 is 1. The van der Waals surface area contributed by atoms with Crippen LogP contribution in [0.1, 0.15) is 51.5 Å². The maximum absolute atomic E-state index is 13.8. The molecule has 20 heavy (non-hydrogen) atoms.